The van der Waals surface area contributed by atoms with Gasteiger partial charge in [-0.25, -0.2) is 5.43 Å². The van der Waals surface area contributed by atoms with Crippen LogP contribution in [-0.4, -0.2) is 18.0 Å². The van der Waals surface area contributed by atoms with E-state index in [9.17, 15) is 9.59 Å². The molecule has 2 amide bonds. The Morgan fingerprint density at radius 3 is 2.37 bits per heavy atom. The van der Waals surface area contributed by atoms with E-state index in [4.69, 9.17) is 4.74 Å². The van der Waals surface area contributed by atoms with Crippen molar-refractivity contribution in [3.63, 3.8) is 0 Å². The molecule has 0 heterocycles. The van der Waals surface area contributed by atoms with Gasteiger partial charge in [0.15, 0.2) is 0 Å². The number of hydrogen-bond donors (Lipinski definition) is 2. The second-order valence-corrected chi connectivity index (χ2v) is 6.70. The molecule has 3 rings (SSSR count). The number of benzene rings is 3. The topological polar surface area (TPSA) is 79.8 Å². The summed E-state index contributed by atoms with van der Waals surface area (Å²) in [6.07, 6.45) is 1.18. The number of hydrazone groups is 1. The summed E-state index contributed by atoms with van der Waals surface area (Å²) in [5.41, 5.74) is 5.98. The van der Waals surface area contributed by atoms with Gasteiger partial charge < -0.3 is 10.1 Å². The van der Waals surface area contributed by atoms with Gasteiger partial charge in [-0.2, -0.15) is 5.10 Å². The van der Waals surface area contributed by atoms with Crippen LogP contribution in [0.15, 0.2) is 84.0 Å². The molecule has 0 aliphatic rings. The number of rotatable bonds is 8. The monoisotopic (exact) mass is 401 g/mol. The van der Waals surface area contributed by atoms with Gasteiger partial charge in [0.1, 0.15) is 18.8 Å². The van der Waals surface area contributed by atoms with Crippen LogP contribution < -0.4 is 15.5 Å². The summed E-state index contributed by atoms with van der Waals surface area (Å²) in [4.78, 5) is 23.8. The molecule has 0 aliphatic carbocycles. The van der Waals surface area contributed by atoms with E-state index in [0.29, 0.717) is 18.0 Å². The molecular formula is C24H23N3O3. The number of nitrogens with one attached hydrogen (secondary N) is 2. The Bertz CT molecular complexity index is 1020. The molecular weight excluding hydrogens is 378 g/mol. The lowest BCUT2D eigenvalue weighted by Crippen LogP contribution is -2.24. The molecule has 0 fully saturated rings. The number of carbonyl (C=O) groups is 2. The summed E-state index contributed by atoms with van der Waals surface area (Å²) in [7, 11) is 0. The number of para-hydroxylation sites is 2. The molecule has 0 aliphatic heterocycles. The van der Waals surface area contributed by atoms with E-state index < -0.39 is 11.8 Å². The number of ether oxygens (including phenoxy) is 1. The van der Waals surface area contributed by atoms with Crippen LogP contribution >= 0.6 is 0 Å². The van der Waals surface area contributed by atoms with Crippen LogP contribution in [-0.2, 0) is 16.2 Å². The first-order valence-electron chi connectivity index (χ1n) is 9.54. The zero-order valence-corrected chi connectivity index (χ0v) is 16.7. The minimum Gasteiger partial charge on any atom is -0.488 e. The first-order valence-corrected chi connectivity index (χ1v) is 9.54. The maximum atomic E-state index is 11.9. The third-order valence-electron chi connectivity index (χ3n) is 4.21. The molecule has 0 aromatic heterocycles. The average molecular weight is 401 g/mol. The summed E-state index contributed by atoms with van der Waals surface area (Å²) in [5.74, 6) is -0.258. The van der Waals surface area contributed by atoms with E-state index in [0.717, 1.165) is 11.1 Å². The molecule has 0 saturated heterocycles. The van der Waals surface area contributed by atoms with Crippen molar-refractivity contribution >= 4 is 23.7 Å². The summed E-state index contributed by atoms with van der Waals surface area (Å²) in [6, 6.07) is 24.5. The van der Waals surface area contributed by atoms with E-state index in [-0.39, 0.29) is 6.42 Å². The highest BCUT2D eigenvalue weighted by Crippen LogP contribution is 2.17. The smallest absolute Gasteiger partial charge is 0.249 e. The van der Waals surface area contributed by atoms with Crippen LogP contribution in [0.3, 0.4) is 0 Å². The molecule has 3 aromatic carbocycles. The van der Waals surface area contributed by atoms with E-state index in [1.54, 1.807) is 24.3 Å². The molecule has 6 nitrogen and oxygen atoms in total. The van der Waals surface area contributed by atoms with E-state index >= 15 is 0 Å². The Hall–Kier alpha value is -3.93. The molecule has 0 radical (unpaired) electrons. The van der Waals surface area contributed by atoms with Crippen molar-refractivity contribution in [2.75, 3.05) is 5.32 Å². The maximum Gasteiger partial charge on any atom is 0.249 e. The van der Waals surface area contributed by atoms with Gasteiger partial charge in [-0.15, -0.1) is 0 Å². The Morgan fingerprint density at radius 2 is 1.60 bits per heavy atom. The average Bonchev–Trinajstić information content (AvgIpc) is 2.75. The van der Waals surface area contributed by atoms with Crippen LogP contribution in [0.25, 0.3) is 0 Å². The Balaban J connectivity index is 1.51. The molecule has 0 bridgehead atoms. The molecule has 2 N–H and O–H groups in total. The SMILES string of the molecule is Cc1ccc(COc2ccccc2C=NNC(=O)CC(=O)Nc2ccccc2)cc1. The number of amides is 2. The standard InChI is InChI=1S/C24H23N3O3/c1-18-11-13-19(14-12-18)17-30-22-10-6-5-7-20(22)16-25-27-24(29)15-23(28)26-21-8-3-2-4-9-21/h2-14,16H,15,17H2,1H3,(H,26,28)(H,27,29). The van der Waals surface area contributed by atoms with Gasteiger partial charge in [0.25, 0.3) is 0 Å². The van der Waals surface area contributed by atoms with Crippen LogP contribution in [0, 0.1) is 6.92 Å². The third-order valence-corrected chi connectivity index (χ3v) is 4.21. The summed E-state index contributed by atoms with van der Waals surface area (Å²) in [5, 5.41) is 6.60. The first kappa shape index (κ1) is 20.8. The zero-order valence-electron chi connectivity index (χ0n) is 16.7. The number of nitrogens with zero attached hydrogens (tertiary/aromatic N) is 1. The Morgan fingerprint density at radius 1 is 0.900 bits per heavy atom. The van der Waals surface area contributed by atoms with Crippen molar-refractivity contribution in [2.45, 2.75) is 20.0 Å². The van der Waals surface area contributed by atoms with Crippen molar-refractivity contribution < 1.29 is 14.3 Å². The molecule has 152 valence electrons. The van der Waals surface area contributed by atoms with Gasteiger partial charge in [0.2, 0.25) is 11.8 Å². The van der Waals surface area contributed by atoms with Gasteiger partial charge >= 0.3 is 0 Å². The van der Waals surface area contributed by atoms with Crippen molar-refractivity contribution in [1.29, 1.82) is 0 Å². The van der Waals surface area contributed by atoms with Crippen LogP contribution in [0.4, 0.5) is 5.69 Å². The quantitative estimate of drug-likeness (QED) is 0.339. The lowest BCUT2D eigenvalue weighted by Gasteiger charge is -2.09. The van der Waals surface area contributed by atoms with Crippen LogP contribution in [0.1, 0.15) is 23.1 Å². The lowest BCUT2D eigenvalue weighted by molar-refractivity contribution is -0.126. The molecule has 0 spiro atoms. The second-order valence-electron chi connectivity index (χ2n) is 6.70. The highest BCUT2D eigenvalue weighted by atomic mass is 16.5. The minimum atomic E-state index is -0.502. The fraction of sp³-hybridized carbons (Fsp3) is 0.125. The molecule has 6 heteroatoms. The van der Waals surface area contributed by atoms with Gasteiger partial charge in [-0.1, -0.05) is 60.2 Å². The molecule has 0 atom stereocenters. The third kappa shape index (κ3) is 6.60. The molecule has 0 saturated carbocycles. The van der Waals surface area contributed by atoms with Crippen molar-refractivity contribution in [3.05, 3.63) is 95.6 Å². The molecule has 30 heavy (non-hydrogen) atoms. The highest BCUT2D eigenvalue weighted by Gasteiger charge is 2.09. The summed E-state index contributed by atoms with van der Waals surface area (Å²) in [6.45, 7) is 2.47. The maximum absolute atomic E-state index is 11.9. The van der Waals surface area contributed by atoms with Crippen molar-refractivity contribution in [3.8, 4) is 5.75 Å². The minimum absolute atomic E-state index is 0.322. The Labute approximate surface area is 175 Å². The number of aryl methyl sites for hydroxylation is 1. The van der Waals surface area contributed by atoms with E-state index in [1.165, 1.54) is 11.8 Å². The number of anilines is 1. The predicted molar refractivity (Wildman–Crippen MR) is 117 cm³/mol. The fourth-order valence-electron chi connectivity index (χ4n) is 2.65. The lowest BCUT2D eigenvalue weighted by atomic mass is 10.1. The largest absolute Gasteiger partial charge is 0.488 e. The van der Waals surface area contributed by atoms with Crippen LogP contribution in [0.2, 0.25) is 0 Å². The molecule has 0 unspecified atom stereocenters. The predicted octanol–water partition coefficient (Wildman–Crippen LogP) is 4.05. The summed E-state index contributed by atoms with van der Waals surface area (Å²) >= 11 is 0. The van der Waals surface area contributed by atoms with Crippen LogP contribution in [0.5, 0.6) is 5.75 Å². The fourth-order valence-corrected chi connectivity index (χ4v) is 2.65. The van der Waals surface area contributed by atoms with E-state index in [1.807, 2.05) is 61.5 Å². The normalized spacial score (nSPS) is 10.6. The van der Waals surface area contributed by atoms with Crippen molar-refractivity contribution in [1.82, 2.24) is 5.43 Å². The van der Waals surface area contributed by atoms with Gasteiger partial charge in [-0.3, -0.25) is 9.59 Å². The highest BCUT2D eigenvalue weighted by molar-refractivity contribution is 6.03. The first-order chi connectivity index (χ1) is 14.6. The van der Waals surface area contributed by atoms with Gasteiger partial charge in [-0.05, 0) is 36.8 Å². The summed E-state index contributed by atoms with van der Waals surface area (Å²) < 4.78 is 5.88. The molecule has 3 aromatic rings. The number of hydrogen-bond acceptors (Lipinski definition) is 4. The number of carbonyl (C=O) groups excluding carboxylic acids is 2. The Kier molecular flexibility index (Phi) is 7.33. The van der Waals surface area contributed by atoms with Gasteiger partial charge in [0.05, 0.1) is 6.21 Å². The zero-order chi connectivity index (χ0) is 21.2. The van der Waals surface area contributed by atoms with E-state index in [2.05, 4.69) is 15.8 Å². The van der Waals surface area contributed by atoms with Gasteiger partial charge in [0, 0.05) is 11.3 Å². The second kappa shape index (κ2) is 10.6. The van der Waals surface area contributed by atoms with Crippen molar-refractivity contribution in [2.24, 2.45) is 5.10 Å².